The quantitative estimate of drug-likeness (QED) is 0.295. The lowest BCUT2D eigenvalue weighted by atomic mass is 9.88. The summed E-state index contributed by atoms with van der Waals surface area (Å²) < 4.78 is 0. The van der Waals surface area contributed by atoms with Gasteiger partial charge in [-0.2, -0.15) is 0 Å². The molecule has 0 amide bonds. The summed E-state index contributed by atoms with van der Waals surface area (Å²) >= 11 is 0. The fourth-order valence-corrected chi connectivity index (χ4v) is 2.46. The van der Waals surface area contributed by atoms with Crippen LogP contribution in [0.1, 0.15) is 85.0 Å². The van der Waals surface area contributed by atoms with E-state index in [1.807, 2.05) is 0 Å². The zero-order valence-corrected chi connectivity index (χ0v) is 12.6. The van der Waals surface area contributed by atoms with Crippen LogP contribution in [0.5, 0.6) is 0 Å². The minimum Gasteiger partial charge on any atom is -0.370 e. The van der Waals surface area contributed by atoms with Gasteiger partial charge in [0.25, 0.3) is 0 Å². The zero-order chi connectivity index (χ0) is 13.9. The van der Waals surface area contributed by atoms with E-state index in [9.17, 15) is 0 Å². The fraction of sp³-hybridized carbons (Fsp3) is 0.933. The molecule has 0 unspecified atom stereocenters. The molecule has 0 bridgehead atoms. The van der Waals surface area contributed by atoms with Crippen molar-refractivity contribution in [2.45, 2.75) is 90.5 Å². The Kier molecular flexibility index (Phi) is 9.80. The lowest BCUT2D eigenvalue weighted by molar-refractivity contribution is 0.328. The maximum Gasteiger partial charge on any atom is 0.186 e. The standard InChI is InChI=1S/C15H33N3/c1-4-6-8-10-12-15(3,18-14(16)17)13-11-9-7-5-2/h4-13H2,1-3H3,(H4,16,17,18). The summed E-state index contributed by atoms with van der Waals surface area (Å²) in [7, 11) is 0. The monoisotopic (exact) mass is 255 g/mol. The molecule has 0 spiro atoms. The molecule has 0 aliphatic rings. The van der Waals surface area contributed by atoms with Crippen molar-refractivity contribution < 1.29 is 0 Å². The molecular weight excluding hydrogens is 222 g/mol. The van der Waals surface area contributed by atoms with Gasteiger partial charge >= 0.3 is 0 Å². The van der Waals surface area contributed by atoms with Crippen molar-refractivity contribution in [2.24, 2.45) is 5.73 Å². The van der Waals surface area contributed by atoms with Gasteiger partial charge in [-0.3, -0.25) is 5.41 Å². The third kappa shape index (κ3) is 9.32. The second-order valence-electron chi connectivity index (χ2n) is 5.72. The summed E-state index contributed by atoms with van der Waals surface area (Å²) in [5.74, 6) is 0.114. The van der Waals surface area contributed by atoms with Crippen LogP contribution in [-0.4, -0.2) is 11.5 Å². The van der Waals surface area contributed by atoms with E-state index in [1.165, 1.54) is 51.4 Å². The Balaban J connectivity index is 4.03. The van der Waals surface area contributed by atoms with E-state index in [-0.39, 0.29) is 11.5 Å². The van der Waals surface area contributed by atoms with Gasteiger partial charge < -0.3 is 11.1 Å². The number of hydrogen-bond donors (Lipinski definition) is 3. The summed E-state index contributed by atoms with van der Waals surface area (Å²) in [5, 5.41) is 10.6. The number of rotatable bonds is 11. The van der Waals surface area contributed by atoms with Crippen molar-refractivity contribution >= 4 is 5.96 Å². The smallest absolute Gasteiger partial charge is 0.186 e. The first-order chi connectivity index (χ1) is 8.54. The van der Waals surface area contributed by atoms with E-state index >= 15 is 0 Å². The van der Waals surface area contributed by atoms with Crippen LogP contribution in [0.3, 0.4) is 0 Å². The maximum atomic E-state index is 7.45. The third-order valence-corrected chi connectivity index (χ3v) is 3.60. The Morgan fingerprint density at radius 3 is 1.72 bits per heavy atom. The number of unbranched alkanes of at least 4 members (excludes halogenated alkanes) is 6. The molecule has 108 valence electrons. The van der Waals surface area contributed by atoms with E-state index in [1.54, 1.807) is 0 Å². The van der Waals surface area contributed by atoms with Gasteiger partial charge in [0, 0.05) is 5.54 Å². The molecule has 0 fully saturated rings. The molecule has 0 aromatic heterocycles. The molecule has 0 aromatic carbocycles. The molecule has 0 saturated heterocycles. The Bertz CT molecular complexity index is 202. The summed E-state index contributed by atoms with van der Waals surface area (Å²) in [5.41, 5.74) is 5.53. The first-order valence-corrected chi connectivity index (χ1v) is 7.66. The summed E-state index contributed by atoms with van der Waals surface area (Å²) in [6, 6.07) is 0. The van der Waals surface area contributed by atoms with Crippen LogP contribution in [0.15, 0.2) is 0 Å². The first-order valence-electron chi connectivity index (χ1n) is 7.66. The van der Waals surface area contributed by atoms with E-state index in [4.69, 9.17) is 11.1 Å². The van der Waals surface area contributed by atoms with E-state index in [0.29, 0.717) is 0 Å². The van der Waals surface area contributed by atoms with Gasteiger partial charge in [0.15, 0.2) is 5.96 Å². The highest BCUT2D eigenvalue weighted by molar-refractivity contribution is 5.75. The van der Waals surface area contributed by atoms with Crippen molar-refractivity contribution in [3.05, 3.63) is 0 Å². The SMILES string of the molecule is CCCCCCC(C)(CCCCCC)NC(=N)N. The minimum atomic E-state index is 0.0211. The van der Waals surface area contributed by atoms with Gasteiger partial charge in [0.1, 0.15) is 0 Å². The minimum absolute atomic E-state index is 0.0211. The summed E-state index contributed by atoms with van der Waals surface area (Å²) in [6.45, 7) is 6.68. The zero-order valence-electron chi connectivity index (χ0n) is 12.6. The lowest BCUT2D eigenvalue weighted by Crippen LogP contribution is -2.48. The molecule has 3 nitrogen and oxygen atoms in total. The molecule has 3 heteroatoms. The van der Waals surface area contributed by atoms with Crippen molar-refractivity contribution in [3.8, 4) is 0 Å². The van der Waals surface area contributed by atoms with Gasteiger partial charge in [0.05, 0.1) is 0 Å². The largest absolute Gasteiger partial charge is 0.370 e. The summed E-state index contributed by atoms with van der Waals surface area (Å²) in [4.78, 5) is 0. The van der Waals surface area contributed by atoms with E-state index < -0.39 is 0 Å². The van der Waals surface area contributed by atoms with Crippen LogP contribution in [0.25, 0.3) is 0 Å². The molecule has 0 saturated carbocycles. The maximum absolute atomic E-state index is 7.45. The van der Waals surface area contributed by atoms with Crippen molar-refractivity contribution in [2.75, 3.05) is 0 Å². The highest BCUT2D eigenvalue weighted by Crippen LogP contribution is 2.22. The Labute approximate surface area is 113 Å². The van der Waals surface area contributed by atoms with Crippen LogP contribution >= 0.6 is 0 Å². The highest BCUT2D eigenvalue weighted by Gasteiger charge is 2.23. The predicted molar refractivity (Wildman–Crippen MR) is 81.0 cm³/mol. The molecule has 0 atom stereocenters. The van der Waals surface area contributed by atoms with Crippen molar-refractivity contribution in [1.82, 2.24) is 5.32 Å². The lowest BCUT2D eigenvalue weighted by Gasteiger charge is -2.31. The van der Waals surface area contributed by atoms with Gasteiger partial charge in [0.2, 0.25) is 0 Å². The van der Waals surface area contributed by atoms with Crippen molar-refractivity contribution in [1.29, 1.82) is 5.41 Å². The number of nitrogens with one attached hydrogen (secondary N) is 2. The molecule has 0 aliphatic heterocycles. The average molecular weight is 255 g/mol. The van der Waals surface area contributed by atoms with E-state index in [2.05, 4.69) is 26.1 Å². The molecule has 4 N–H and O–H groups in total. The fourth-order valence-electron chi connectivity index (χ4n) is 2.46. The van der Waals surface area contributed by atoms with E-state index in [0.717, 1.165) is 12.8 Å². The Hall–Kier alpha value is -0.730. The summed E-state index contributed by atoms with van der Waals surface area (Å²) in [6.07, 6.45) is 12.5. The first kappa shape index (κ1) is 17.3. The molecule has 0 radical (unpaired) electrons. The second kappa shape index (κ2) is 10.2. The molecule has 18 heavy (non-hydrogen) atoms. The molecule has 0 rings (SSSR count). The molecule has 0 aromatic rings. The van der Waals surface area contributed by atoms with Crippen molar-refractivity contribution in [3.63, 3.8) is 0 Å². The van der Waals surface area contributed by atoms with Gasteiger partial charge in [-0.25, -0.2) is 0 Å². The van der Waals surface area contributed by atoms with Gasteiger partial charge in [-0.15, -0.1) is 0 Å². The second-order valence-corrected chi connectivity index (χ2v) is 5.72. The van der Waals surface area contributed by atoms with Crippen LogP contribution in [0, 0.1) is 5.41 Å². The Morgan fingerprint density at radius 1 is 0.944 bits per heavy atom. The van der Waals surface area contributed by atoms with Gasteiger partial charge in [-0.1, -0.05) is 65.2 Å². The molecule has 0 heterocycles. The number of nitrogens with two attached hydrogens (primary N) is 1. The van der Waals surface area contributed by atoms with Crippen LogP contribution in [0.2, 0.25) is 0 Å². The van der Waals surface area contributed by atoms with Crippen LogP contribution < -0.4 is 11.1 Å². The molecular formula is C15H33N3. The van der Waals surface area contributed by atoms with Crippen LogP contribution in [0.4, 0.5) is 0 Å². The predicted octanol–water partition coefficient (Wildman–Crippen LogP) is 4.17. The van der Waals surface area contributed by atoms with Crippen LogP contribution in [-0.2, 0) is 0 Å². The average Bonchev–Trinajstić information content (AvgIpc) is 2.30. The highest BCUT2D eigenvalue weighted by atomic mass is 15.1. The third-order valence-electron chi connectivity index (χ3n) is 3.60. The van der Waals surface area contributed by atoms with Gasteiger partial charge in [-0.05, 0) is 19.8 Å². The Morgan fingerprint density at radius 2 is 1.39 bits per heavy atom. The number of guanidine groups is 1. The topological polar surface area (TPSA) is 61.9 Å². The molecule has 0 aliphatic carbocycles. The number of hydrogen-bond acceptors (Lipinski definition) is 1. The normalized spacial score (nSPS) is 11.5.